The number of nitro benzene ring substituents is 1. The number of ketones is 1. The molecule has 1 aliphatic rings. The molecule has 1 fully saturated rings. The van der Waals surface area contributed by atoms with Crippen LogP contribution < -0.4 is 9.64 Å². The van der Waals surface area contributed by atoms with Gasteiger partial charge in [0.05, 0.1) is 28.8 Å². The zero-order chi connectivity index (χ0) is 29.7. The van der Waals surface area contributed by atoms with Gasteiger partial charge in [0.1, 0.15) is 23.0 Å². The summed E-state index contributed by atoms with van der Waals surface area (Å²) in [5.74, 6) is -2.61. The zero-order valence-corrected chi connectivity index (χ0v) is 23.2. The third kappa shape index (κ3) is 6.02. The summed E-state index contributed by atoms with van der Waals surface area (Å²) >= 11 is 0.829. The summed E-state index contributed by atoms with van der Waals surface area (Å²) in [4.78, 5) is 55.8. The van der Waals surface area contributed by atoms with Gasteiger partial charge in [-0.1, -0.05) is 49.5 Å². The highest BCUT2D eigenvalue weighted by Crippen LogP contribution is 2.44. The fourth-order valence-corrected chi connectivity index (χ4v) is 5.21. The van der Waals surface area contributed by atoms with Gasteiger partial charge >= 0.3 is 11.9 Å². The Morgan fingerprint density at radius 3 is 2.63 bits per heavy atom. The first kappa shape index (κ1) is 29.2. The van der Waals surface area contributed by atoms with E-state index in [4.69, 9.17) is 9.47 Å². The van der Waals surface area contributed by atoms with Gasteiger partial charge in [0.15, 0.2) is 5.13 Å². The van der Waals surface area contributed by atoms with Crippen molar-refractivity contribution in [3.63, 3.8) is 0 Å². The molecule has 4 rings (SSSR count). The van der Waals surface area contributed by atoms with Crippen molar-refractivity contribution in [2.75, 3.05) is 18.1 Å². The molecule has 1 N–H and O–H groups in total. The van der Waals surface area contributed by atoms with E-state index in [1.54, 1.807) is 31.2 Å². The summed E-state index contributed by atoms with van der Waals surface area (Å²) in [5.41, 5.74) is 0.148. The number of nitrogens with zero attached hydrogens (tertiary/aromatic N) is 3. The van der Waals surface area contributed by atoms with Crippen molar-refractivity contribution in [3.05, 3.63) is 98.6 Å². The number of aliphatic hydroxyl groups excluding tert-OH is 1. The lowest BCUT2D eigenvalue weighted by Crippen LogP contribution is -2.29. The molecule has 1 aliphatic heterocycles. The summed E-state index contributed by atoms with van der Waals surface area (Å²) in [5, 5.41) is 22.9. The van der Waals surface area contributed by atoms with Gasteiger partial charge in [0.25, 0.3) is 11.5 Å². The van der Waals surface area contributed by atoms with Crippen molar-refractivity contribution in [3.8, 4) is 5.75 Å². The number of nitro groups is 1. The van der Waals surface area contributed by atoms with Gasteiger partial charge in [-0.25, -0.2) is 9.78 Å². The summed E-state index contributed by atoms with van der Waals surface area (Å²) in [6.07, 6.45) is 3.24. The third-order valence-corrected chi connectivity index (χ3v) is 7.38. The first-order valence-electron chi connectivity index (χ1n) is 12.7. The Hall–Kier alpha value is -4.84. The van der Waals surface area contributed by atoms with E-state index in [9.17, 15) is 29.6 Å². The van der Waals surface area contributed by atoms with Crippen LogP contribution in [0.15, 0.2) is 66.8 Å². The number of thiazole rings is 1. The molecule has 1 aromatic heterocycles. The number of esters is 1. The molecule has 1 unspecified atom stereocenters. The number of carbonyl (C=O) groups is 3. The fraction of sp³-hybridized carbons (Fsp3) is 0.241. The largest absolute Gasteiger partial charge is 0.507 e. The van der Waals surface area contributed by atoms with Crippen molar-refractivity contribution >= 4 is 45.6 Å². The van der Waals surface area contributed by atoms with Crippen molar-refractivity contribution in [2.45, 2.75) is 32.7 Å². The number of rotatable bonds is 11. The second-order valence-electron chi connectivity index (χ2n) is 9.05. The first-order chi connectivity index (χ1) is 19.7. The van der Waals surface area contributed by atoms with Gasteiger partial charge in [-0.15, -0.1) is 0 Å². The Morgan fingerprint density at radius 2 is 1.98 bits per heavy atom. The molecule has 41 heavy (non-hydrogen) atoms. The van der Waals surface area contributed by atoms with Crippen molar-refractivity contribution < 1.29 is 33.9 Å². The van der Waals surface area contributed by atoms with E-state index >= 15 is 0 Å². The van der Waals surface area contributed by atoms with Crippen LogP contribution in [0.2, 0.25) is 0 Å². The topological polar surface area (TPSA) is 149 Å². The van der Waals surface area contributed by atoms with Crippen LogP contribution >= 0.6 is 11.3 Å². The number of aryl methyl sites for hydroxylation is 1. The summed E-state index contributed by atoms with van der Waals surface area (Å²) < 4.78 is 10.8. The van der Waals surface area contributed by atoms with Gasteiger partial charge in [-0.05, 0) is 43.2 Å². The predicted molar refractivity (Wildman–Crippen MR) is 152 cm³/mol. The molecule has 0 aliphatic carbocycles. The second-order valence-corrected chi connectivity index (χ2v) is 10.0. The van der Waals surface area contributed by atoms with Gasteiger partial charge in [0, 0.05) is 17.7 Å². The lowest BCUT2D eigenvalue weighted by atomic mass is 9.95. The lowest BCUT2D eigenvalue weighted by molar-refractivity contribution is -0.384. The molecule has 212 valence electrons. The number of amides is 1. The maximum absolute atomic E-state index is 13.4. The molecule has 0 radical (unpaired) electrons. The van der Waals surface area contributed by atoms with Gasteiger partial charge in [-0.3, -0.25) is 24.6 Å². The van der Waals surface area contributed by atoms with Crippen LogP contribution in [0.25, 0.3) is 5.76 Å². The fourth-order valence-electron chi connectivity index (χ4n) is 4.23. The van der Waals surface area contributed by atoms with Gasteiger partial charge in [0.2, 0.25) is 0 Å². The summed E-state index contributed by atoms with van der Waals surface area (Å²) in [6.45, 7) is 7.59. The number of benzene rings is 2. The minimum absolute atomic E-state index is 0.00891. The third-order valence-electron chi connectivity index (χ3n) is 6.24. The number of ether oxygens (including phenoxy) is 2. The van der Waals surface area contributed by atoms with Crippen molar-refractivity contribution in [1.82, 2.24) is 4.98 Å². The number of unbranched alkanes of at least 4 members (excludes halogenated alkanes) is 1. The molecule has 0 bridgehead atoms. The molecule has 11 nitrogen and oxygen atoms in total. The van der Waals surface area contributed by atoms with E-state index in [0.29, 0.717) is 12.4 Å². The Balaban J connectivity index is 1.83. The molecule has 0 spiro atoms. The minimum atomic E-state index is -1.27. The molecule has 2 aromatic carbocycles. The van der Waals surface area contributed by atoms with E-state index in [0.717, 1.165) is 29.1 Å². The van der Waals surface area contributed by atoms with Gasteiger partial charge < -0.3 is 14.6 Å². The number of Topliss-reactive ketones (excluding diaryl/α,β-unsaturated/α-hetero) is 1. The Morgan fingerprint density at radius 1 is 1.24 bits per heavy atom. The van der Waals surface area contributed by atoms with Crippen LogP contribution in [0.5, 0.6) is 5.75 Å². The van der Waals surface area contributed by atoms with Crippen LogP contribution in [-0.4, -0.2) is 45.9 Å². The minimum Gasteiger partial charge on any atom is -0.507 e. The Labute approximate surface area is 239 Å². The quantitative estimate of drug-likeness (QED) is 0.0455. The van der Waals surface area contributed by atoms with Crippen molar-refractivity contribution in [1.29, 1.82) is 0 Å². The van der Waals surface area contributed by atoms with Crippen LogP contribution in [0, 0.1) is 17.0 Å². The maximum atomic E-state index is 13.4. The van der Waals surface area contributed by atoms with Crippen molar-refractivity contribution in [2.24, 2.45) is 0 Å². The highest BCUT2D eigenvalue weighted by molar-refractivity contribution is 7.17. The molecule has 3 aromatic rings. The molecule has 1 saturated heterocycles. The highest BCUT2D eigenvalue weighted by Gasteiger charge is 2.48. The van der Waals surface area contributed by atoms with Crippen LogP contribution in [0.4, 0.5) is 10.8 Å². The molecule has 12 heteroatoms. The monoisotopic (exact) mass is 577 g/mol. The standard InChI is InChI=1S/C29H27N3O8S/c1-4-6-15-39-21-12-10-18(11-13-21)24(33)22-23(19-8-7-9-20(16-19)32(37)38)31(27(35)25(22)34)29-30-17(3)26(41-29)28(36)40-14-5-2/h5,7-13,16,23,33H,2,4,6,14-15H2,1,3H3. The molecule has 1 amide bonds. The smallest absolute Gasteiger partial charge is 0.350 e. The molecule has 2 heterocycles. The number of hydrogen-bond donors (Lipinski definition) is 1. The van der Waals surface area contributed by atoms with E-state index in [1.807, 2.05) is 6.92 Å². The SMILES string of the molecule is C=CCOC(=O)c1sc(N2C(=O)C(=O)C(=C(O)c3ccc(OCCCC)cc3)C2c2cccc([N+](=O)[O-])c2)nc1C. The number of hydrogen-bond acceptors (Lipinski definition) is 10. The zero-order valence-electron chi connectivity index (χ0n) is 22.4. The molecule has 0 saturated carbocycles. The number of aromatic nitrogens is 1. The summed E-state index contributed by atoms with van der Waals surface area (Å²) in [7, 11) is 0. The number of anilines is 1. The number of carbonyl (C=O) groups excluding carboxylic acids is 3. The Kier molecular flexibility index (Phi) is 8.93. The summed E-state index contributed by atoms with van der Waals surface area (Å²) in [6, 6.07) is 10.5. The van der Waals surface area contributed by atoms with E-state index < -0.39 is 34.4 Å². The molecular weight excluding hydrogens is 550 g/mol. The van der Waals surface area contributed by atoms with E-state index in [2.05, 4.69) is 11.6 Å². The Bertz CT molecular complexity index is 1540. The van der Waals surface area contributed by atoms with Crippen LogP contribution in [0.1, 0.15) is 52.3 Å². The average molecular weight is 578 g/mol. The average Bonchev–Trinajstić information content (AvgIpc) is 3.48. The van der Waals surface area contributed by atoms with E-state index in [1.165, 1.54) is 30.3 Å². The predicted octanol–water partition coefficient (Wildman–Crippen LogP) is 5.51. The molecular formula is C29H27N3O8S. The number of non-ortho nitro benzene ring substituents is 1. The first-order valence-corrected chi connectivity index (χ1v) is 13.5. The molecule has 1 atom stereocenters. The maximum Gasteiger partial charge on any atom is 0.350 e. The van der Waals surface area contributed by atoms with E-state index in [-0.39, 0.29) is 44.7 Å². The van der Waals surface area contributed by atoms with Crippen LogP contribution in [0.3, 0.4) is 0 Å². The van der Waals surface area contributed by atoms with Crippen LogP contribution in [-0.2, 0) is 14.3 Å². The highest BCUT2D eigenvalue weighted by atomic mass is 32.1. The number of aliphatic hydroxyl groups is 1. The lowest BCUT2D eigenvalue weighted by Gasteiger charge is -2.22. The van der Waals surface area contributed by atoms with Gasteiger partial charge in [-0.2, -0.15) is 0 Å². The normalized spacial score (nSPS) is 16.0. The second kappa shape index (κ2) is 12.6.